The van der Waals surface area contributed by atoms with Crippen LogP contribution in [0.1, 0.15) is 36.3 Å². The molecule has 1 heterocycles. The summed E-state index contributed by atoms with van der Waals surface area (Å²) in [7, 11) is 1.97. The van der Waals surface area contributed by atoms with Gasteiger partial charge in [0, 0.05) is 31.3 Å². The van der Waals surface area contributed by atoms with E-state index < -0.39 is 0 Å². The summed E-state index contributed by atoms with van der Waals surface area (Å²) in [6.45, 7) is 4.72. The van der Waals surface area contributed by atoms with Crippen LogP contribution in [0, 0.1) is 0 Å². The lowest BCUT2D eigenvalue weighted by molar-refractivity contribution is 0.0934. The molecule has 1 aromatic heterocycles. The Bertz CT molecular complexity index is 912. The zero-order valence-electron chi connectivity index (χ0n) is 16.6. The van der Waals surface area contributed by atoms with Crippen LogP contribution in [-0.4, -0.2) is 29.0 Å². The molecule has 0 bridgehead atoms. The van der Waals surface area contributed by atoms with Crippen molar-refractivity contribution < 1.29 is 4.79 Å². The number of anilines is 1. The number of carbonyl (C=O) groups is 1. The smallest absolute Gasteiger partial charge is 0.270 e. The van der Waals surface area contributed by atoms with Crippen molar-refractivity contribution in [1.82, 2.24) is 15.3 Å². The van der Waals surface area contributed by atoms with Crippen LogP contribution in [0.2, 0.25) is 0 Å². The molecule has 2 aromatic carbocycles. The van der Waals surface area contributed by atoms with E-state index in [0.29, 0.717) is 23.9 Å². The molecule has 1 unspecified atom stereocenters. The molecule has 144 valence electrons. The van der Waals surface area contributed by atoms with E-state index in [1.165, 1.54) is 5.56 Å². The van der Waals surface area contributed by atoms with Crippen LogP contribution in [0.25, 0.3) is 11.4 Å². The number of hydrogen-bond acceptors (Lipinski definition) is 4. The van der Waals surface area contributed by atoms with Crippen molar-refractivity contribution in [2.45, 2.75) is 32.9 Å². The van der Waals surface area contributed by atoms with E-state index in [9.17, 15) is 4.79 Å². The normalized spacial score (nSPS) is 11.7. The maximum Gasteiger partial charge on any atom is 0.270 e. The van der Waals surface area contributed by atoms with Crippen molar-refractivity contribution in [2.75, 3.05) is 11.9 Å². The van der Waals surface area contributed by atoms with Crippen LogP contribution >= 0.6 is 0 Å². The second-order valence-corrected chi connectivity index (χ2v) is 6.93. The summed E-state index contributed by atoms with van der Waals surface area (Å²) in [5, 5.41) is 2.99. The Morgan fingerprint density at radius 3 is 2.32 bits per heavy atom. The highest BCUT2D eigenvalue weighted by atomic mass is 16.1. The number of carbonyl (C=O) groups excluding carboxylic acids is 1. The Kier molecular flexibility index (Phi) is 6.37. The number of rotatable bonds is 7. The second kappa shape index (κ2) is 9.13. The molecule has 0 saturated carbocycles. The highest BCUT2D eigenvalue weighted by molar-refractivity contribution is 5.93. The Morgan fingerprint density at radius 2 is 1.68 bits per heavy atom. The van der Waals surface area contributed by atoms with Gasteiger partial charge in [0.05, 0.1) is 0 Å². The molecule has 0 saturated heterocycles. The van der Waals surface area contributed by atoms with Gasteiger partial charge in [-0.3, -0.25) is 4.79 Å². The van der Waals surface area contributed by atoms with Gasteiger partial charge in [0.15, 0.2) is 5.82 Å². The molecule has 28 heavy (non-hydrogen) atoms. The number of hydrogen-bond donors (Lipinski definition) is 1. The van der Waals surface area contributed by atoms with Crippen molar-refractivity contribution in [1.29, 1.82) is 0 Å². The summed E-state index contributed by atoms with van der Waals surface area (Å²) in [6.07, 6.45) is 0.864. The van der Waals surface area contributed by atoms with E-state index in [2.05, 4.69) is 22.4 Å². The lowest BCUT2D eigenvalue weighted by atomic mass is 10.2. The SMILES string of the molecule is CCC(C)NC(=O)c1cc(N(C)Cc2ccccc2)nc(-c2ccccc2)n1. The first-order valence-corrected chi connectivity index (χ1v) is 9.57. The van der Waals surface area contributed by atoms with Gasteiger partial charge in [-0.2, -0.15) is 0 Å². The Morgan fingerprint density at radius 1 is 1.04 bits per heavy atom. The highest BCUT2D eigenvalue weighted by Crippen LogP contribution is 2.21. The van der Waals surface area contributed by atoms with E-state index in [1.807, 2.05) is 74.3 Å². The van der Waals surface area contributed by atoms with Gasteiger partial charge < -0.3 is 10.2 Å². The van der Waals surface area contributed by atoms with Crippen molar-refractivity contribution in [3.63, 3.8) is 0 Å². The molecule has 1 atom stereocenters. The van der Waals surface area contributed by atoms with E-state index in [1.54, 1.807) is 6.07 Å². The van der Waals surface area contributed by atoms with Gasteiger partial charge in [-0.1, -0.05) is 67.6 Å². The molecule has 5 heteroatoms. The summed E-state index contributed by atoms with van der Waals surface area (Å²) in [6, 6.07) is 21.8. The fourth-order valence-electron chi connectivity index (χ4n) is 2.80. The van der Waals surface area contributed by atoms with Gasteiger partial charge in [0.2, 0.25) is 0 Å². The monoisotopic (exact) mass is 374 g/mol. The lowest BCUT2D eigenvalue weighted by Crippen LogP contribution is -2.33. The molecule has 0 aliphatic heterocycles. The number of benzene rings is 2. The molecular weight excluding hydrogens is 348 g/mol. The first kappa shape index (κ1) is 19.5. The lowest BCUT2D eigenvalue weighted by Gasteiger charge is -2.20. The van der Waals surface area contributed by atoms with Crippen molar-refractivity contribution in [3.05, 3.63) is 78.0 Å². The van der Waals surface area contributed by atoms with Crippen molar-refractivity contribution in [3.8, 4) is 11.4 Å². The fourth-order valence-corrected chi connectivity index (χ4v) is 2.80. The molecule has 0 fully saturated rings. The number of aromatic nitrogens is 2. The molecule has 3 rings (SSSR count). The van der Waals surface area contributed by atoms with Crippen LogP contribution in [0.15, 0.2) is 66.7 Å². The minimum absolute atomic E-state index is 0.0909. The van der Waals surface area contributed by atoms with Crippen LogP contribution in [-0.2, 0) is 6.54 Å². The summed E-state index contributed by atoms with van der Waals surface area (Å²) in [4.78, 5) is 24.0. The van der Waals surface area contributed by atoms with Gasteiger partial charge in [0.25, 0.3) is 5.91 Å². The predicted octanol–water partition coefficient (Wildman–Crippen LogP) is 4.31. The van der Waals surface area contributed by atoms with Gasteiger partial charge >= 0.3 is 0 Å². The third-order valence-corrected chi connectivity index (χ3v) is 4.62. The molecule has 5 nitrogen and oxygen atoms in total. The first-order valence-electron chi connectivity index (χ1n) is 9.57. The highest BCUT2D eigenvalue weighted by Gasteiger charge is 2.16. The largest absolute Gasteiger partial charge is 0.355 e. The zero-order valence-corrected chi connectivity index (χ0v) is 16.6. The summed E-state index contributed by atoms with van der Waals surface area (Å²) in [5.74, 6) is 1.09. The van der Waals surface area contributed by atoms with Crippen LogP contribution in [0.4, 0.5) is 5.82 Å². The Labute approximate surface area is 166 Å². The Hall–Kier alpha value is -3.21. The van der Waals surface area contributed by atoms with Crippen LogP contribution in [0.3, 0.4) is 0 Å². The molecular formula is C23H26N4O. The van der Waals surface area contributed by atoms with Crippen molar-refractivity contribution in [2.24, 2.45) is 0 Å². The molecule has 1 N–H and O–H groups in total. The van der Waals surface area contributed by atoms with Gasteiger partial charge in [-0.05, 0) is 18.9 Å². The number of nitrogens with zero attached hydrogens (tertiary/aromatic N) is 3. The molecule has 0 spiro atoms. The average molecular weight is 374 g/mol. The van der Waals surface area contributed by atoms with Gasteiger partial charge in [-0.25, -0.2) is 9.97 Å². The maximum atomic E-state index is 12.7. The number of amides is 1. The van der Waals surface area contributed by atoms with E-state index in [4.69, 9.17) is 4.98 Å². The minimum atomic E-state index is -0.178. The maximum absolute atomic E-state index is 12.7. The molecule has 0 aliphatic carbocycles. The predicted molar refractivity (Wildman–Crippen MR) is 113 cm³/mol. The van der Waals surface area contributed by atoms with E-state index in [-0.39, 0.29) is 11.9 Å². The third-order valence-electron chi connectivity index (χ3n) is 4.62. The fraction of sp³-hybridized carbons (Fsp3) is 0.261. The van der Waals surface area contributed by atoms with E-state index >= 15 is 0 Å². The molecule has 1 amide bonds. The Balaban J connectivity index is 1.96. The number of nitrogens with one attached hydrogen (secondary N) is 1. The second-order valence-electron chi connectivity index (χ2n) is 6.93. The minimum Gasteiger partial charge on any atom is -0.355 e. The standard InChI is InChI=1S/C23H26N4O/c1-4-17(2)24-23(28)20-15-21(27(3)16-18-11-7-5-8-12-18)26-22(25-20)19-13-9-6-10-14-19/h5-15,17H,4,16H2,1-3H3,(H,24,28). The van der Waals surface area contributed by atoms with Gasteiger partial charge in [0.1, 0.15) is 11.5 Å². The van der Waals surface area contributed by atoms with Crippen LogP contribution < -0.4 is 10.2 Å². The topological polar surface area (TPSA) is 58.1 Å². The van der Waals surface area contributed by atoms with Crippen molar-refractivity contribution >= 4 is 11.7 Å². The van der Waals surface area contributed by atoms with Gasteiger partial charge in [-0.15, -0.1) is 0 Å². The molecule has 3 aromatic rings. The van der Waals surface area contributed by atoms with Crippen LogP contribution in [0.5, 0.6) is 0 Å². The molecule has 0 radical (unpaired) electrons. The summed E-state index contributed by atoms with van der Waals surface area (Å²) >= 11 is 0. The molecule has 0 aliphatic rings. The zero-order chi connectivity index (χ0) is 19.9. The quantitative estimate of drug-likeness (QED) is 0.669. The summed E-state index contributed by atoms with van der Waals surface area (Å²) < 4.78 is 0. The summed E-state index contributed by atoms with van der Waals surface area (Å²) in [5.41, 5.74) is 2.44. The third kappa shape index (κ3) is 4.94. The first-order chi connectivity index (χ1) is 13.6. The van der Waals surface area contributed by atoms with E-state index in [0.717, 1.165) is 12.0 Å². The average Bonchev–Trinajstić information content (AvgIpc) is 2.74.